The molecule has 154 valence electrons. The van der Waals surface area contributed by atoms with Gasteiger partial charge in [-0.15, -0.1) is 0 Å². The zero-order valence-corrected chi connectivity index (χ0v) is 17.2. The highest BCUT2D eigenvalue weighted by Gasteiger charge is 2.15. The molecule has 1 amide bonds. The van der Waals surface area contributed by atoms with Crippen LogP contribution in [-0.4, -0.2) is 35.8 Å². The smallest absolute Gasteiger partial charge is 0.329 e. The molecule has 8 heteroatoms. The Labute approximate surface area is 169 Å². The maximum Gasteiger partial charge on any atom is 0.329 e. The van der Waals surface area contributed by atoms with E-state index in [1.165, 1.54) is 4.57 Å². The third kappa shape index (κ3) is 5.14. The van der Waals surface area contributed by atoms with E-state index < -0.39 is 9.84 Å². The third-order valence-electron chi connectivity index (χ3n) is 4.73. The van der Waals surface area contributed by atoms with E-state index in [1.807, 2.05) is 49.4 Å². The summed E-state index contributed by atoms with van der Waals surface area (Å²) in [6.45, 7) is 2.55. The largest absolute Gasteiger partial charge is 0.355 e. The number of nitrogens with zero attached hydrogens (tertiary/aromatic N) is 2. The van der Waals surface area contributed by atoms with Crippen LogP contribution in [0.25, 0.3) is 11.0 Å². The fourth-order valence-corrected chi connectivity index (χ4v) is 4.78. The molecule has 1 aromatic heterocycles. The Morgan fingerprint density at radius 2 is 1.59 bits per heavy atom. The van der Waals surface area contributed by atoms with Crippen LogP contribution in [0, 0.1) is 0 Å². The van der Waals surface area contributed by atoms with Crippen molar-refractivity contribution in [2.75, 3.05) is 12.3 Å². The Morgan fingerprint density at radius 3 is 2.24 bits per heavy atom. The molecule has 0 spiro atoms. The molecule has 0 unspecified atom stereocenters. The van der Waals surface area contributed by atoms with E-state index in [-0.39, 0.29) is 36.2 Å². The van der Waals surface area contributed by atoms with Crippen LogP contribution in [0.15, 0.2) is 59.4 Å². The molecular formula is C21H25N3O4S. The Hall–Kier alpha value is -2.87. The van der Waals surface area contributed by atoms with Crippen molar-refractivity contribution >= 4 is 26.8 Å². The van der Waals surface area contributed by atoms with Crippen LogP contribution < -0.4 is 11.0 Å². The number of amides is 1. The van der Waals surface area contributed by atoms with Gasteiger partial charge >= 0.3 is 5.69 Å². The van der Waals surface area contributed by atoms with Crippen molar-refractivity contribution in [1.29, 1.82) is 0 Å². The van der Waals surface area contributed by atoms with Crippen molar-refractivity contribution in [3.05, 3.63) is 70.6 Å². The Kier molecular flexibility index (Phi) is 6.53. The van der Waals surface area contributed by atoms with Gasteiger partial charge in [-0.2, -0.15) is 0 Å². The number of nitrogens with one attached hydrogen (secondary N) is 1. The molecule has 0 saturated heterocycles. The summed E-state index contributed by atoms with van der Waals surface area (Å²) in [6, 6.07) is 16.4. The van der Waals surface area contributed by atoms with Gasteiger partial charge in [0.05, 0.1) is 22.5 Å². The first-order valence-electron chi connectivity index (χ1n) is 9.60. The van der Waals surface area contributed by atoms with E-state index in [1.54, 1.807) is 16.7 Å². The molecule has 0 aliphatic heterocycles. The number of hydrogen-bond acceptors (Lipinski definition) is 4. The second kappa shape index (κ2) is 9.09. The summed E-state index contributed by atoms with van der Waals surface area (Å²) in [6.07, 6.45) is 0.326. The number of carbonyl (C=O) groups is 1. The van der Waals surface area contributed by atoms with Crippen LogP contribution in [0.2, 0.25) is 0 Å². The van der Waals surface area contributed by atoms with Gasteiger partial charge in [0, 0.05) is 13.1 Å². The lowest BCUT2D eigenvalue weighted by Gasteiger charge is -2.07. The summed E-state index contributed by atoms with van der Waals surface area (Å²) in [4.78, 5) is 24.8. The molecule has 2 aromatic carbocycles. The van der Waals surface area contributed by atoms with E-state index in [2.05, 4.69) is 5.32 Å². The van der Waals surface area contributed by atoms with Crippen molar-refractivity contribution in [2.24, 2.45) is 0 Å². The van der Waals surface area contributed by atoms with Gasteiger partial charge in [0.25, 0.3) is 0 Å². The van der Waals surface area contributed by atoms with Gasteiger partial charge in [0.1, 0.15) is 6.54 Å². The number of aryl methyl sites for hydroxylation is 1. The van der Waals surface area contributed by atoms with Crippen molar-refractivity contribution in [3.63, 3.8) is 0 Å². The van der Waals surface area contributed by atoms with Crippen molar-refractivity contribution in [1.82, 2.24) is 14.5 Å². The second-order valence-electron chi connectivity index (χ2n) is 6.88. The fraction of sp³-hybridized carbons (Fsp3) is 0.333. The summed E-state index contributed by atoms with van der Waals surface area (Å²) in [5.74, 6) is -0.322. The van der Waals surface area contributed by atoms with Gasteiger partial charge < -0.3 is 5.32 Å². The van der Waals surface area contributed by atoms with Gasteiger partial charge in [-0.25, -0.2) is 13.2 Å². The highest BCUT2D eigenvalue weighted by molar-refractivity contribution is 7.90. The molecule has 29 heavy (non-hydrogen) atoms. The van der Waals surface area contributed by atoms with Gasteiger partial charge in [-0.05, 0) is 31.0 Å². The normalized spacial score (nSPS) is 11.6. The molecule has 3 aromatic rings. The molecule has 0 bridgehead atoms. The van der Waals surface area contributed by atoms with Crippen molar-refractivity contribution < 1.29 is 13.2 Å². The average molecular weight is 416 g/mol. The Balaban J connectivity index is 1.54. The summed E-state index contributed by atoms with van der Waals surface area (Å²) < 4.78 is 27.5. The first kappa shape index (κ1) is 20.9. The Morgan fingerprint density at radius 1 is 0.966 bits per heavy atom. The summed E-state index contributed by atoms with van der Waals surface area (Å²) in [5.41, 5.74) is 2.03. The zero-order valence-electron chi connectivity index (χ0n) is 16.4. The number of imidazole rings is 1. The highest BCUT2D eigenvalue weighted by Crippen LogP contribution is 2.12. The minimum atomic E-state index is -3.24. The van der Waals surface area contributed by atoms with E-state index in [0.29, 0.717) is 18.5 Å². The van der Waals surface area contributed by atoms with E-state index in [9.17, 15) is 18.0 Å². The quantitative estimate of drug-likeness (QED) is 0.541. The lowest BCUT2D eigenvalue weighted by molar-refractivity contribution is -0.121. The van der Waals surface area contributed by atoms with Crippen LogP contribution in [0.5, 0.6) is 0 Å². The summed E-state index contributed by atoms with van der Waals surface area (Å²) in [5, 5.41) is 2.71. The minimum absolute atomic E-state index is 0.00271. The minimum Gasteiger partial charge on any atom is -0.355 e. The maximum atomic E-state index is 12.6. The first-order chi connectivity index (χ1) is 13.9. The molecule has 3 rings (SSSR count). The number of fused-ring (bicyclic) bond motifs is 1. The number of para-hydroxylation sites is 2. The van der Waals surface area contributed by atoms with Gasteiger partial charge in [0.15, 0.2) is 9.84 Å². The Bertz CT molecular complexity index is 1150. The zero-order chi connectivity index (χ0) is 20.9. The van der Waals surface area contributed by atoms with Crippen molar-refractivity contribution in [2.45, 2.75) is 32.2 Å². The number of hydrogen-bond donors (Lipinski definition) is 1. The standard InChI is InChI=1S/C21H25N3O4S/c1-2-23-18-11-6-7-12-19(18)24(21(23)26)15-20(25)22-13-8-14-29(27,28)16-17-9-4-3-5-10-17/h3-7,9-12H,2,8,13-16H2,1H3,(H,22,25). The predicted molar refractivity (Wildman–Crippen MR) is 113 cm³/mol. The summed E-state index contributed by atoms with van der Waals surface area (Å²) in [7, 11) is -3.24. The highest BCUT2D eigenvalue weighted by atomic mass is 32.2. The van der Waals surface area contributed by atoms with E-state index in [0.717, 1.165) is 11.1 Å². The van der Waals surface area contributed by atoms with Crippen molar-refractivity contribution in [3.8, 4) is 0 Å². The second-order valence-corrected chi connectivity index (χ2v) is 9.07. The van der Waals surface area contributed by atoms with Gasteiger partial charge in [0.2, 0.25) is 5.91 Å². The molecular weight excluding hydrogens is 390 g/mol. The number of aromatic nitrogens is 2. The monoisotopic (exact) mass is 415 g/mol. The molecule has 1 heterocycles. The topological polar surface area (TPSA) is 90.2 Å². The number of rotatable bonds is 9. The average Bonchev–Trinajstić information content (AvgIpc) is 2.97. The first-order valence-corrected chi connectivity index (χ1v) is 11.4. The van der Waals surface area contributed by atoms with Crippen LogP contribution in [0.3, 0.4) is 0 Å². The lowest BCUT2D eigenvalue weighted by Crippen LogP contribution is -2.34. The molecule has 0 atom stereocenters. The SMILES string of the molecule is CCn1c(=O)n(CC(=O)NCCCS(=O)(=O)Cc2ccccc2)c2ccccc21. The molecule has 0 aliphatic carbocycles. The van der Waals surface area contributed by atoms with Gasteiger partial charge in [-0.3, -0.25) is 13.9 Å². The molecule has 7 nitrogen and oxygen atoms in total. The maximum absolute atomic E-state index is 12.6. The van der Waals surface area contributed by atoms with Crippen LogP contribution in [0.4, 0.5) is 0 Å². The van der Waals surface area contributed by atoms with E-state index >= 15 is 0 Å². The molecule has 1 N–H and O–H groups in total. The molecule has 0 saturated carbocycles. The van der Waals surface area contributed by atoms with Gasteiger partial charge in [-0.1, -0.05) is 42.5 Å². The molecule has 0 fully saturated rings. The molecule has 0 radical (unpaired) electrons. The lowest BCUT2D eigenvalue weighted by atomic mass is 10.2. The van der Waals surface area contributed by atoms with Crippen LogP contribution in [-0.2, 0) is 33.5 Å². The predicted octanol–water partition coefficient (Wildman–Crippen LogP) is 1.94. The molecule has 0 aliphatic rings. The number of sulfone groups is 1. The van der Waals surface area contributed by atoms with Crippen LogP contribution in [0.1, 0.15) is 18.9 Å². The van der Waals surface area contributed by atoms with E-state index in [4.69, 9.17) is 0 Å². The number of benzene rings is 2. The summed E-state index contributed by atoms with van der Waals surface area (Å²) >= 11 is 0. The third-order valence-corrected chi connectivity index (χ3v) is 6.41. The number of carbonyl (C=O) groups excluding carboxylic acids is 1. The fourth-order valence-electron chi connectivity index (χ4n) is 3.35. The van der Waals surface area contributed by atoms with Crippen LogP contribution >= 0.6 is 0 Å².